The summed E-state index contributed by atoms with van der Waals surface area (Å²) < 4.78 is 16.1. The fourth-order valence-corrected chi connectivity index (χ4v) is 3.44. The molecule has 1 aromatic carbocycles. The second-order valence-electron chi connectivity index (χ2n) is 6.64. The van der Waals surface area contributed by atoms with Gasteiger partial charge in [0.05, 0.1) is 21.3 Å². The molecular formula is C20H31NO4. The maximum Gasteiger partial charge on any atom is 0.220 e. The number of methoxy groups -OCH3 is 3. The van der Waals surface area contributed by atoms with E-state index < -0.39 is 0 Å². The highest BCUT2D eigenvalue weighted by Gasteiger charge is 2.16. The van der Waals surface area contributed by atoms with Crippen LogP contribution >= 0.6 is 0 Å². The topological polar surface area (TPSA) is 56.8 Å². The zero-order chi connectivity index (χ0) is 18.1. The number of carbonyl (C=O) groups is 1. The molecule has 0 spiro atoms. The molecule has 1 aliphatic rings. The first kappa shape index (κ1) is 19.4. The molecule has 5 heteroatoms. The largest absolute Gasteiger partial charge is 0.493 e. The molecule has 1 fully saturated rings. The molecular weight excluding hydrogens is 318 g/mol. The first-order chi connectivity index (χ1) is 12.2. The zero-order valence-corrected chi connectivity index (χ0v) is 15.7. The van der Waals surface area contributed by atoms with Gasteiger partial charge >= 0.3 is 0 Å². The Bertz CT molecular complexity index is 526. The third-order valence-corrected chi connectivity index (χ3v) is 4.84. The summed E-state index contributed by atoms with van der Waals surface area (Å²) in [5.74, 6) is 1.95. The smallest absolute Gasteiger partial charge is 0.220 e. The van der Waals surface area contributed by atoms with Gasteiger partial charge in [0.25, 0.3) is 0 Å². The minimum absolute atomic E-state index is 0.124. The summed E-state index contributed by atoms with van der Waals surface area (Å²) in [4.78, 5) is 12.3. The van der Waals surface area contributed by atoms with E-state index >= 15 is 0 Å². The van der Waals surface area contributed by atoms with Gasteiger partial charge in [-0.2, -0.15) is 0 Å². The first-order valence-electron chi connectivity index (χ1n) is 9.26. The monoisotopic (exact) mass is 349 g/mol. The van der Waals surface area contributed by atoms with Crippen molar-refractivity contribution in [3.63, 3.8) is 0 Å². The van der Waals surface area contributed by atoms with E-state index in [2.05, 4.69) is 5.32 Å². The van der Waals surface area contributed by atoms with Gasteiger partial charge in [-0.25, -0.2) is 0 Å². The molecule has 1 amide bonds. The van der Waals surface area contributed by atoms with Crippen molar-refractivity contribution >= 4 is 5.91 Å². The molecule has 0 aliphatic heterocycles. The SMILES string of the molecule is COc1cc(CCC(=O)NC2CCCCCCC2)cc(OC)c1OC. The third-order valence-electron chi connectivity index (χ3n) is 4.84. The van der Waals surface area contributed by atoms with Crippen molar-refractivity contribution in [3.05, 3.63) is 17.7 Å². The predicted molar refractivity (Wildman–Crippen MR) is 98.7 cm³/mol. The van der Waals surface area contributed by atoms with Crippen molar-refractivity contribution in [2.45, 2.75) is 63.8 Å². The Labute approximate surface area is 151 Å². The van der Waals surface area contributed by atoms with Crippen molar-refractivity contribution in [3.8, 4) is 17.2 Å². The molecule has 1 aliphatic carbocycles. The molecule has 25 heavy (non-hydrogen) atoms. The second kappa shape index (κ2) is 10.2. The normalized spacial score (nSPS) is 15.8. The number of rotatable bonds is 7. The van der Waals surface area contributed by atoms with Crippen molar-refractivity contribution in [2.75, 3.05) is 21.3 Å². The highest BCUT2D eigenvalue weighted by Crippen LogP contribution is 2.38. The van der Waals surface area contributed by atoms with Crippen LogP contribution in [0, 0.1) is 0 Å². The van der Waals surface area contributed by atoms with Gasteiger partial charge in [-0.05, 0) is 37.0 Å². The van der Waals surface area contributed by atoms with Crippen LogP contribution in [0.1, 0.15) is 56.9 Å². The molecule has 1 N–H and O–H groups in total. The van der Waals surface area contributed by atoms with Crippen LogP contribution in [0.2, 0.25) is 0 Å². The maximum atomic E-state index is 12.3. The lowest BCUT2D eigenvalue weighted by atomic mass is 9.96. The van der Waals surface area contributed by atoms with Crippen LogP contribution in [-0.2, 0) is 11.2 Å². The van der Waals surface area contributed by atoms with E-state index in [1.54, 1.807) is 21.3 Å². The van der Waals surface area contributed by atoms with Crippen LogP contribution in [0.3, 0.4) is 0 Å². The van der Waals surface area contributed by atoms with E-state index in [4.69, 9.17) is 14.2 Å². The summed E-state index contributed by atoms with van der Waals surface area (Å²) in [7, 11) is 4.79. The lowest BCUT2D eigenvalue weighted by Gasteiger charge is -2.21. The van der Waals surface area contributed by atoms with Gasteiger partial charge in [-0.1, -0.05) is 32.1 Å². The Balaban J connectivity index is 1.92. The number of hydrogen-bond acceptors (Lipinski definition) is 4. The second-order valence-corrected chi connectivity index (χ2v) is 6.64. The highest BCUT2D eigenvalue weighted by molar-refractivity contribution is 5.76. The van der Waals surface area contributed by atoms with E-state index in [1.165, 1.54) is 32.1 Å². The summed E-state index contributed by atoms with van der Waals surface area (Å²) in [6.07, 6.45) is 9.68. The fraction of sp³-hybridized carbons (Fsp3) is 0.650. The number of hydrogen-bond donors (Lipinski definition) is 1. The molecule has 140 valence electrons. The van der Waals surface area contributed by atoms with Crippen molar-refractivity contribution in [1.29, 1.82) is 0 Å². The average Bonchev–Trinajstić information content (AvgIpc) is 2.61. The Morgan fingerprint density at radius 3 is 2.04 bits per heavy atom. The van der Waals surface area contributed by atoms with Crippen LogP contribution in [0.15, 0.2) is 12.1 Å². The van der Waals surface area contributed by atoms with E-state index in [1.807, 2.05) is 12.1 Å². The Morgan fingerprint density at radius 1 is 0.960 bits per heavy atom. The van der Waals surface area contributed by atoms with E-state index in [0.29, 0.717) is 36.1 Å². The number of amides is 1. The van der Waals surface area contributed by atoms with Gasteiger partial charge in [-0.3, -0.25) is 4.79 Å². The van der Waals surface area contributed by atoms with Crippen molar-refractivity contribution < 1.29 is 19.0 Å². The molecule has 0 radical (unpaired) electrons. The molecule has 0 atom stereocenters. The summed E-state index contributed by atoms with van der Waals surface area (Å²) in [5, 5.41) is 3.21. The van der Waals surface area contributed by atoms with E-state index in [0.717, 1.165) is 18.4 Å². The van der Waals surface area contributed by atoms with Gasteiger partial charge in [0.2, 0.25) is 11.7 Å². The summed E-state index contributed by atoms with van der Waals surface area (Å²) in [5.41, 5.74) is 1.00. The first-order valence-corrected chi connectivity index (χ1v) is 9.26. The molecule has 0 unspecified atom stereocenters. The predicted octanol–water partition coefficient (Wildman–Crippen LogP) is 3.87. The quantitative estimate of drug-likeness (QED) is 0.812. The summed E-state index contributed by atoms with van der Waals surface area (Å²) in [6, 6.07) is 4.15. The van der Waals surface area contributed by atoms with Gasteiger partial charge in [-0.15, -0.1) is 0 Å². The minimum atomic E-state index is 0.124. The molecule has 0 saturated heterocycles. The zero-order valence-electron chi connectivity index (χ0n) is 15.7. The number of nitrogens with one attached hydrogen (secondary N) is 1. The summed E-state index contributed by atoms with van der Waals surface area (Å²) in [6.45, 7) is 0. The van der Waals surface area contributed by atoms with Crippen LogP contribution in [0.4, 0.5) is 0 Å². The standard InChI is InChI=1S/C20H31NO4/c1-23-17-13-15(14-18(24-2)20(17)25-3)11-12-19(22)21-16-9-7-5-4-6-8-10-16/h13-14,16H,4-12H2,1-3H3,(H,21,22). The van der Waals surface area contributed by atoms with Crippen molar-refractivity contribution in [2.24, 2.45) is 0 Å². The van der Waals surface area contributed by atoms with Crippen LogP contribution < -0.4 is 19.5 Å². The summed E-state index contributed by atoms with van der Waals surface area (Å²) >= 11 is 0. The lowest BCUT2D eigenvalue weighted by molar-refractivity contribution is -0.121. The average molecular weight is 349 g/mol. The fourth-order valence-electron chi connectivity index (χ4n) is 3.44. The van der Waals surface area contributed by atoms with E-state index in [9.17, 15) is 4.79 Å². The number of ether oxygens (including phenoxy) is 3. The number of aryl methyl sites for hydroxylation is 1. The highest BCUT2D eigenvalue weighted by atomic mass is 16.5. The Morgan fingerprint density at radius 2 is 1.52 bits per heavy atom. The molecule has 0 aromatic heterocycles. The maximum absolute atomic E-state index is 12.3. The van der Waals surface area contributed by atoms with Gasteiger partial charge < -0.3 is 19.5 Å². The molecule has 5 nitrogen and oxygen atoms in total. The van der Waals surface area contributed by atoms with Crippen molar-refractivity contribution in [1.82, 2.24) is 5.32 Å². The molecule has 0 heterocycles. The van der Waals surface area contributed by atoms with Crippen LogP contribution in [0.5, 0.6) is 17.2 Å². The van der Waals surface area contributed by atoms with Gasteiger partial charge in [0.15, 0.2) is 11.5 Å². The Hall–Kier alpha value is -1.91. The van der Waals surface area contributed by atoms with Crippen LogP contribution in [0.25, 0.3) is 0 Å². The molecule has 1 aromatic rings. The number of benzene rings is 1. The molecule has 2 rings (SSSR count). The minimum Gasteiger partial charge on any atom is -0.493 e. The molecule has 1 saturated carbocycles. The lowest BCUT2D eigenvalue weighted by Crippen LogP contribution is -2.35. The van der Waals surface area contributed by atoms with E-state index in [-0.39, 0.29) is 5.91 Å². The van der Waals surface area contributed by atoms with Gasteiger partial charge in [0.1, 0.15) is 0 Å². The third kappa shape index (κ3) is 5.83. The Kier molecular flexibility index (Phi) is 7.89. The van der Waals surface area contributed by atoms with Gasteiger partial charge in [0, 0.05) is 12.5 Å². The molecule has 0 bridgehead atoms. The number of carbonyl (C=O) groups excluding carboxylic acids is 1. The van der Waals surface area contributed by atoms with Crippen LogP contribution in [-0.4, -0.2) is 33.3 Å².